The third-order valence-electron chi connectivity index (χ3n) is 2.37. The summed E-state index contributed by atoms with van der Waals surface area (Å²) in [6.07, 6.45) is 1.23. The van der Waals surface area contributed by atoms with Gasteiger partial charge in [0.2, 0.25) is 0 Å². The highest BCUT2D eigenvalue weighted by Crippen LogP contribution is 2.26. The van der Waals surface area contributed by atoms with E-state index in [4.69, 9.17) is 0 Å². The number of hydrogen-bond donors (Lipinski definition) is 1. The average Bonchev–Trinajstić information content (AvgIpc) is 2.75. The van der Waals surface area contributed by atoms with Crippen LogP contribution >= 0.6 is 11.9 Å². The second kappa shape index (κ2) is 9.46. The van der Waals surface area contributed by atoms with Crippen molar-refractivity contribution < 1.29 is 4.29 Å². The molecule has 1 aliphatic rings. The number of rotatable bonds is 1. The van der Waals surface area contributed by atoms with Gasteiger partial charge in [-0.15, -0.1) is 0 Å². The Bertz CT molecular complexity index is 281. The first-order valence-electron chi connectivity index (χ1n) is 5.38. The molecule has 4 heteroatoms. The zero-order valence-electron chi connectivity index (χ0n) is 10.2. The lowest BCUT2D eigenvalue weighted by Gasteiger charge is -2.15. The van der Waals surface area contributed by atoms with Crippen LogP contribution in [0.2, 0.25) is 0 Å². The first-order valence-corrected chi connectivity index (χ1v) is 5.69. The molecule has 1 aromatic rings. The second-order valence-electron chi connectivity index (χ2n) is 3.11. The minimum absolute atomic E-state index is 1.14. The predicted octanol–water partition coefficient (Wildman–Crippen LogP) is 2.43. The number of fused-ring (bicyclic) bond motifs is 1. The molecule has 92 valence electrons. The fourth-order valence-corrected chi connectivity index (χ4v) is 1.74. The smallest absolute Gasteiger partial charge is 0.0606 e. The van der Waals surface area contributed by atoms with Crippen LogP contribution in [-0.4, -0.2) is 27.2 Å². The SMILES string of the molecule is CCN1CCc2ccccc21.CN.COCl. The molecule has 0 saturated heterocycles. The van der Waals surface area contributed by atoms with Crippen LogP contribution in [0.3, 0.4) is 0 Å². The topological polar surface area (TPSA) is 38.5 Å². The van der Waals surface area contributed by atoms with Gasteiger partial charge in [-0.3, -0.25) is 4.29 Å². The summed E-state index contributed by atoms with van der Waals surface area (Å²) in [7, 11) is 2.89. The molecule has 0 saturated carbocycles. The minimum atomic E-state index is 1.14. The zero-order chi connectivity index (χ0) is 12.4. The third kappa shape index (κ3) is 4.39. The lowest BCUT2D eigenvalue weighted by Crippen LogP contribution is -2.18. The van der Waals surface area contributed by atoms with Crippen molar-refractivity contribution in [1.29, 1.82) is 0 Å². The number of nitrogens with zero attached hydrogens (tertiary/aromatic N) is 1. The van der Waals surface area contributed by atoms with E-state index in [1.165, 1.54) is 38.4 Å². The van der Waals surface area contributed by atoms with E-state index in [1.807, 2.05) is 0 Å². The summed E-state index contributed by atoms with van der Waals surface area (Å²) in [5.41, 5.74) is 7.45. The molecular weight excluding hydrogens is 224 g/mol. The Balaban J connectivity index is 0.000000394. The maximum Gasteiger partial charge on any atom is 0.0606 e. The first-order chi connectivity index (χ1) is 7.83. The lowest BCUT2D eigenvalue weighted by molar-refractivity contribution is 0.463. The van der Waals surface area contributed by atoms with Crippen LogP contribution in [0, 0.1) is 0 Å². The number of hydrogen-bond acceptors (Lipinski definition) is 3. The van der Waals surface area contributed by atoms with Crippen molar-refractivity contribution in [1.82, 2.24) is 0 Å². The fourth-order valence-electron chi connectivity index (χ4n) is 1.74. The van der Waals surface area contributed by atoms with Gasteiger partial charge in [0.1, 0.15) is 0 Å². The van der Waals surface area contributed by atoms with E-state index in [0.29, 0.717) is 0 Å². The largest absolute Gasteiger partial charge is 0.371 e. The van der Waals surface area contributed by atoms with Crippen molar-refractivity contribution in [2.75, 3.05) is 32.1 Å². The van der Waals surface area contributed by atoms with E-state index in [-0.39, 0.29) is 0 Å². The zero-order valence-corrected chi connectivity index (χ0v) is 11.0. The number of likely N-dealkylation sites (N-methyl/N-ethyl adjacent to an activating group) is 1. The minimum Gasteiger partial charge on any atom is -0.371 e. The molecule has 0 aromatic heterocycles. The Labute approximate surface area is 103 Å². The van der Waals surface area contributed by atoms with Crippen LogP contribution in [0.25, 0.3) is 0 Å². The first kappa shape index (κ1) is 15.2. The quantitative estimate of drug-likeness (QED) is 0.825. The van der Waals surface area contributed by atoms with Crippen molar-refractivity contribution >= 4 is 17.6 Å². The lowest BCUT2D eigenvalue weighted by atomic mass is 10.2. The van der Waals surface area contributed by atoms with Gasteiger partial charge in [0.05, 0.1) is 19.0 Å². The monoisotopic (exact) mass is 244 g/mol. The number of anilines is 1. The molecule has 1 heterocycles. The summed E-state index contributed by atoms with van der Waals surface area (Å²) in [6, 6.07) is 8.68. The molecule has 0 bridgehead atoms. The number of halogens is 1. The van der Waals surface area contributed by atoms with Crippen LogP contribution < -0.4 is 10.6 Å². The molecule has 0 radical (unpaired) electrons. The maximum atomic E-state index is 4.50. The molecule has 0 fully saturated rings. The molecule has 2 N–H and O–H groups in total. The van der Waals surface area contributed by atoms with Crippen LogP contribution in [0.15, 0.2) is 24.3 Å². The van der Waals surface area contributed by atoms with E-state index in [2.05, 4.69) is 58.0 Å². The Morgan fingerprint density at radius 1 is 1.38 bits per heavy atom. The maximum absolute atomic E-state index is 4.50. The molecule has 0 amide bonds. The van der Waals surface area contributed by atoms with E-state index in [0.717, 1.165) is 6.54 Å². The van der Waals surface area contributed by atoms with Crippen molar-refractivity contribution in [2.24, 2.45) is 5.73 Å². The normalized spacial score (nSPS) is 11.9. The van der Waals surface area contributed by atoms with Crippen molar-refractivity contribution in [3.63, 3.8) is 0 Å². The van der Waals surface area contributed by atoms with E-state index < -0.39 is 0 Å². The molecule has 0 atom stereocenters. The van der Waals surface area contributed by atoms with Gasteiger partial charge >= 0.3 is 0 Å². The third-order valence-corrected chi connectivity index (χ3v) is 2.37. The Morgan fingerprint density at radius 3 is 2.50 bits per heavy atom. The number of para-hydroxylation sites is 1. The van der Waals surface area contributed by atoms with Crippen molar-refractivity contribution in [3.8, 4) is 0 Å². The molecule has 0 unspecified atom stereocenters. The Hall–Kier alpha value is -0.770. The predicted molar refractivity (Wildman–Crippen MR) is 71.0 cm³/mol. The summed E-state index contributed by atoms with van der Waals surface area (Å²) in [4.78, 5) is 2.43. The van der Waals surface area contributed by atoms with E-state index in [9.17, 15) is 0 Å². The summed E-state index contributed by atoms with van der Waals surface area (Å²) in [5.74, 6) is 0. The van der Waals surface area contributed by atoms with Gasteiger partial charge in [-0.25, -0.2) is 0 Å². The van der Waals surface area contributed by atoms with Crippen LogP contribution in [0.4, 0.5) is 5.69 Å². The van der Waals surface area contributed by atoms with Gasteiger partial charge in [-0.2, -0.15) is 0 Å². The second-order valence-corrected chi connectivity index (χ2v) is 3.42. The summed E-state index contributed by atoms with van der Waals surface area (Å²) in [6.45, 7) is 4.55. The highest BCUT2D eigenvalue weighted by atomic mass is 35.5. The molecule has 1 aromatic carbocycles. The summed E-state index contributed by atoms with van der Waals surface area (Å²) < 4.78 is 3.72. The van der Waals surface area contributed by atoms with Gasteiger partial charge in [0.25, 0.3) is 0 Å². The average molecular weight is 245 g/mol. The molecular formula is C12H21ClN2O. The highest BCUT2D eigenvalue weighted by molar-refractivity contribution is 6.07. The standard InChI is InChI=1S/C10H13N.CH3ClO.CH5N/c1-2-11-8-7-9-5-3-4-6-10(9)11;1-3-2;1-2/h3-6H,2,7-8H2,1H3;1H3;2H2,1H3. The van der Waals surface area contributed by atoms with Crippen LogP contribution in [-0.2, 0) is 10.7 Å². The fraction of sp³-hybridized carbons (Fsp3) is 0.500. The molecule has 1 aliphatic heterocycles. The molecule has 16 heavy (non-hydrogen) atoms. The molecule has 0 aliphatic carbocycles. The van der Waals surface area contributed by atoms with Crippen molar-refractivity contribution in [2.45, 2.75) is 13.3 Å². The summed E-state index contributed by atoms with van der Waals surface area (Å²) in [5, 5.41) is 0. The molecule has 3 nitrogen and oxygen atoms in total. The number of nitrogens with two attached hydrogens (primary N) is 1. The van der Waals surface area contributed by atoms with E-state index in [1.54, 1.807) is 0 Å². The molecule has 2 rings (SSSR count). The van der Waals surface area contributed by atoms with Gasteiger partial charge in [-0.1, -0.05) is 18.2 Å². The van der Waals surface area contributed by atoms with E-state index >= 15 is 0 Å². The van der Waals surface area contributed by atoms with Crippen LogP contribution in [0.5, 0.6) is 0 Å². The van der Waals surface area contributed by atoms with Crippen LogP contribution in [0.1, 0.15) is 12.5 Å². The molecule has 0 spiro atoms. The van der Waals surface area contributed by atoms with Gasteiger partial charge in [-0.05, 0) is 32.0 Å². The Morgan fingerprint density at radius 2 is 1.94 bits per heavy atom. The number of benzene rings is 1. The summed E-state index contributed by atoms with van der Waals surface area (Å²) >= 11 is 4.50. The highest BCUT2D eigenvalue weighted by Gasteiger charge is 2.15. The van der Waals surface area contributed by atoms with Gasteiger partial charge < -0.3 is 10.6 Å². The van der Waals surface area contributed by atoms with Crippen molar-refractivity contribution in [3.05, 3.63) is 29.8 Å². The van der Waals surface area contributed by atoms with Gasteiger partial charge in [0.15, 0.2) is 0 Å². The Kier molecular flexibility index (Phi) is 9.00. The van der Waals surface area contributed by atoms with Gasteiger partial charge in [0, 0.05) is 18.8 Å².